The summed E-state index contributed by atoms with van der Waals surface area (Å²) in [6, 6.07) is 12.2. The zero-order valence-electron chi connectivity index (χ0n) is 13.9. The van der Waals surface area contributed by atoms with Crippen molar-refractivity contribution in [2.45, 2.75) is 12.8 Å². The zero-order chi connectivity index (χ0) is 18.2. The van der Waals surface area contributed by atoms with E-state index < -0.39 is 5.97 Å². The van der Waals surface area contributed by atoms with Crippen molar-refractivity contribution < 1.29 is 23.8 Å². The maximum atomic E-state index is 12.8. The molecule has 1 amide bonds. The summed E-state index contributed by atoms with van der Waals surface area (Å²) in [6.07, 6.45) is 0.651. The van der Waals surface area contributed by atoms with Crippen molar-refractivity contribution in [3.05, 3.63) is 65.5 Å². The number of hydrogen-bond donors (Lipinski definition) is 1. The van der Waals surface area contributed by atoms with E-state index in [1.54, 1.807) is 42.3 Å². The summed E-state index contributed by atoms with van der Waals surface area (Å²) in [7, 11) is 1.67. The molecule has 0 bridgehead atoms. The lowest BCUT2D eigenvalue weighted by molar-refractivity contribution is -0.129. The van der Waals surface area contributed by atoms with Crippen LogP contribution in [0.25, 0.3) is 0 Å². The van der Waals surface area contributed by atoms with E-state index in [2.05, 4.69) is 0 Å². The number of nitrogens with zero attached hydrogens (tertiary/aromatic N) is 1. The molecular weight excluding hydrogens is 325 g/mol. The highest BCUT2D eigenvalue weighted by Gasteiger charge is 2.15. The summed E-state index contributed by atoms with van der Waals surface area (Å²) >= 11 is 0. The van der Waals surface area contributed by atoms with E-state index in [0.717, 1.165) is 0 Å². The Labute approximate surface area is 145 Å². The van der Waals surface area contributed by atoms with E-state index in [-0.39, 0.29) is 23.7 Å². The smallest absolute Gasteiger partial charge is 0.335 e. The summed E-state index contributed by atoms with van der Waals surface area (Å²) in [6.45, 7) is 0.879. The van der Waals surface area contributed by atoms with Crippen LogP contribution in [0.15, 0.2) is 48.5 Å². The highest BCUT2D eigenvalue weighted by Crippen LogP contribution is 2.12. The molecule has 0 unspecified atom stereocenters. The van der Waals surface area contributed by atoms with Gasteiger partial charge in [-0.25, -0.2) is 9.18 Å². The lowest BCUT2D eigenvalue weighted by Gasteiger charge is -2.18. The van der Waals surface area contributed by atoms with E-state index >= 15 is 0 Å². The molecule has 0 saturated carbocycles. The highest BCUT2D eigenvalue weighted by atomic mass is 19.1. The molecule has 0 aromatic heterocycles. The molecule has 132 valence electrons. The van der Waals surface area contributed by atoms with Gasteiger partial charge in [-0.2, -0.15) is 0 Å². The standard InChI is InChI=1S/C19H20FNO4/c1-21(11-4-12-25-16-9-7-15(20)8-10-16)18(22)13-14-5-2-3-6-17(14)19(23)24/h2-3,5-10H,4,11-13H2,1H3,(H,23,24). The summed E-state index contributed by atoms with van der Waals surface area (Å²) in [5.41, 5.74) is 0.637. The number of halogens is 1. The van der Waals surface area contributed by atoms with E-state index in [0.29, 0.717) is 30.9 Å². The average Bonchev–Trinajstić information content (AvgIpc) is 2.60. The van der Waals surface area contributed by atoms with Crippen LogP contribution in [0.4, 0.5) is 4.39 Å². The topological polar surface area (TPSA) is 66.8 Å². The lowest BCUT2D eigenvalue weighted by Crippen LogP contribution is -2.30. The van der Waals surface area contributed by atoms with Crippen LogP contribution in [-0.4, -0.2) is 42.1 Å². The Bertz CT molecular complexity index is 730. The molecule has 0 aliphatic heterocycles. The lowest BCUT2D eigenvalue weighted by atomic mass is 10.0. The van der Waals surface area contributed by atoms with Crippen LogP contribution in [0.2, 0.25) is 0 Å². The molecule has 0 radical (unpaired) electrons. The van der Waals surface area contributed by atoms with Crippen LogP contribution in [0.3, 0.4) is 0 Å². The minimum absolute atomic E-state index is 0.0395. The van der Waals surface area contributed by atoms with Crippen LogP contribution >= 0.6 is 0 Å². The fraction of sp³-hybridized carbons (Fsp3) is 0.263. The minimum atomic E-state index is -1.04. The molecule has 1 N–H and O–H groups in total. The molecule has 5 nitrogen and oxygen atoms in total. The number of hydrogen-bond acceptors (Lipinski definition) is 3. The van der Waals surface area contributed by atoms with Crippen molar-refractivity contribution in [2.75, 3.05) is 20.2 Å². The summed E-state index contributed by atoms with van der Waals surface area (Å²) < 4.78 is 18.3. The normalized spacial score (nSPS) is 10.3. The molecular formula is C19H20FNO4. The van der Waals surface area contributed by atoms with E-state index in [4.69, 9.17) is 9.84 Å². The third-order valence-electron chi connectivity index (χ3n) is 3.74. The summed E-state index contributed by atoms with van der Waals surface area (Å²) in [4.78, 5) is 25.0. The number of rotatable bonds is 8. The Hall–Kier alpha value is -2.89. The van der Waals surface area contributed by atoms with Gasteiger partial charge in [-0.15, -0.1) is 0 Å². The molecule has 0 aliphatic rings. The maximum absolute atomic E-state index is 12.8. The number of carboxylic acids is 1. The molecule has 6 heteroatoms. The third-order valence-corrected chi connectivity index (χ3v) is 3.74. The van der Waals surface area contributed by atoms with Gasteiger partial charge in [0.2, 0.25) is 5.91 Å². The van der Waals surface area contributed by atoms with Crippen molar-refractivity contribution in [1.82, 2.24) is 4.90 Å². The first-order valence-electron chi connectivity index (χ1n) is 7.91. The fourth-order valence-corrected chi connectivity index (χ4v) is 2.33. The van der Waals surface area contributed by atoms with Gasteiger partial charge in [0.25, 0.3) is 0 Å². The van der Waals surface area contributed by atoms with Crippen molar-refractivity contribution in [1.29, 1.82) is 0 Å². The molecule has 2 rings (SSSR count). The zero-order valence-corrected chi connectivity index (χ0v) is 13.9. The molecule has 0 spiro atoms. The first-order valence-corrected chi connectivity index (χ1v) is 7.91. The quantitative estimate of drug-likeness (QED) is 0.747. The average molecular weight is 345 g/mol. The van der Waals surface area contributed by atoms with Crippen molar-refractivity contribution >= 4 is 11.9 Å². The van der Waals surface area contributed by atoms with Gasteiger partial charge in [0, 0.05) is 13.6 Å². The second kappa shape index (κ2) is 8.82. The maximum Gasteiger partial charge on any atom is 0.335 e. The van der Waals surface area contributed by atoms with E-state index in [1.807, 2.05) is 0 Å². The number of carboxylic acid groups (broad SMARTS) is 1. The Morgan fingerprint density at radius 2 is 1.80 bits per heavy atom. The van der Waals surface area contributed by atoms with Gasteiger partial charge in [0.05, 0.1) is 18.6 Å². The summed E-state index contributed by atoms with van der Waals surface area (Å²) in [5, 5.41) is 9.15. The summed E-state index contributed by atoms with van der Waals surface area (Å²) in [5.74, 6) is -0.945. The SMILES string of the molecule is CN(CCCOc1ccc(F)cc1)C(=O)Cc1ccccc1C(=O)O. The number of likely N-dealkylation sites (N-methyl/N-ethyl adjacent to an activating group) is 1. The first kappa shape index (κ1) is 18.4. The fourth-order valence-electron chi connectivity index (χ4n) is 2.33. The van der Waals surface area contributed by atoms with Crippen molar-refractivity contribution in [2.24, 2.45) is 0 Å². The van der Waals surface area contributed by atoms with Gasteiger partial charge in [0.1, 0.15) is 11.6 Å². The molecule has 0 heterocycles. The van der Waals surface area contributed by atoms with Gasteiger partial charge in [0.15, 0.2) is 0 Å². The Kier molecular flexibility index (Phi) is 6.51. The van der Waals surface area contributed by atoms with Crippen LogP contribution < -0.4 is 4.74 Å². The van der Waals surface area contributed by atoms with Gasteiger partial charge in [-0.05, 0) is 42.3 Å². The predicted molar refractivity (Wildman–Crippen MR) is 91.3 cm³/mol. The van der Waals surface area contributed by atoms with Gasteiger partial charge in [-0.3, -0.25) is 4.79 Å². The van der Waals surface area contributed by atoms with Crippen LogP contribution in [0, 0.1) is 5.82 Å². The van der Waals surface area contributed by atoms with Gasteiger partial charge < -0.3 is 14.7 Å². The number of carbonyl (C=O) groups excluding carboxylic acids is 1. The number of ether oxygens (including phenoxy) is 1. The highest BCUT2D eigenvalue weighted by molar-refractivity contribution is 5.91. The predicted octanol–water partition coefficient (Wildman–Crippen LogP) is 2.99. The van der Waals surface area contributed by atoms with Crippen LogP contribution in [0.5, 0.6) is 5.75 Å². The molecule has 2 aromatic rings. The second-order valence-electron chi connectivity index (χ2n) is 5.61. The number of aromatic carboxylic acids is 1. The van der Waals surface area contributed by atoms with Crippen LogP contribution in [0.1, 0.15) is 22.3 Å². The van der Waals surface area contributed by atoms with E-state index in [9.17, 15) is 14.0 Å². The Morgan fingerprint density at radius 3 is 2.48 bits per heavy atom. The monoisotopic (exact) mass is 345 g/mol. The number of carbonyl (C=O) groups is 2. The molecule has 2 aromatic carbocycles. The van der Waals surface area contributed by atoms with Gasteiger partial charge in [-0.1, -0.05) is 18.2 Å². The van der Waals surface area contributed by atoms with E-state index in [1.165, 1.54) is 18.2 Å². The largest absolute Gasteiger partial charge is 0.494 e. The second-order valence-corrected chi connectivity index (χ2v) is 5.61. The molecule has 25 heavy (non-hydrogen) atoms. The number of benzene rings is 2. The minimum Gasteiger partial charge on any atom is -0.494 e. The van der Waals surface area contributed by atoms with Crippen molar-refractivity contribution in [3.63, 3.8) is 0 Å². The molecule has 0 saturated heterocycles. The molecule has 0 atom stereocenters. The van der Waals surface area contributed by atoms with Gasteiger partial charge >= 0.3 is 5.97 Å². The number of amides is 1. The van der Waals surface area contributed by atoms with Crippen LogP contribution in [-0.2, 0) is 11.2 Å². The molecule has 0 fully saturated rings. The van der Waals surface area contributed by atoms with Crippen molar-refractivity contribution in [3.8, 4) is 5.75 Å². The Balaban J connectivity index is 1.78. The molecule has 0 aliphatic carbocycles. The first-order chi connectivity index (χ1) is 12.0. The third kappa shape index (κ3) is 5.60. The Morgan fingerprint density at radius 1 is 1.12 bits per heavy atom.